The van der Waals surface area contributed by atoms with E-state index in [1.807, 2.05) is 4.90 Å². The lowest BCUT2D eigenvalue weighted by atomic mass is 10.0. The summed E-state index contributed by atoms with van der Waals surface area (Å²) in [5.74, 6) is 3.94. The first-order valence-corrected chi connectivity index (χ1v) is 7.22. The molecule has 1 saturated heterocycles. The summed E-state index contributed by atoms with van der Waals surface area (Å²) in [6.07, 6.45) is 5.72. The average molecular weight is 235 g/mol. The normalized spacial score (nSPS) is 51.5. The zero-order valence-electron chi connectivity index (χ0n) is 10.2. The Labute approximate surface area is 102 Å². The van der Waals surface area contributed by atoms with Crippen LogP contribution in [0.1, 0.15) is 32.1 Å². The molecule has 4 aliphatic rings. The van der Waals surface area contributed by atoms with E-state index in [0.29, 0.717) is 18.4 Å². The third-order valence-corrected chi connectivity index (χ3v) is 5.73. The lowest BCUT2D eigenvalue weighted by Crippen LogP contribution is -2.43. The number of piperidine rings is 1. The number of hydrogen-bond donors (Lipinski definition) is 1. The molecule has 4 rings (SSSR count). The van der Waals surface area contributed by atoms with Crippen molar-refractivity contribution in [1.29, 1.82) is 0 Å². The fourth-order valence-corrected chi connectivity index (χ4v) is 5.02. The van der Waals surface area contributed by atoms with Crippen LogP contribution in [0.15, 0.2) is 0 Å². The number of amides is 1. The highest BCUT2D eigenvalue weighted by molar-refractivity contribution is 5.83. The van der Waals surface area contributed by atoms with Crippen molar-refractivity contribution in [3.63, 3.8) is 0 Å². The van der Waals surface area contributed by atoms with Crippen LogP contribution in [0.4, 0.5) is 0 Å². The molecule has 3 saturated carbocycles. The summed E-state index contributed by atoms with van der Waals surface area (Å²) in [6, 6.07) is 0. The molecule has 17 heavy (non-hydrogen) atoms. The Kier molecular flexibility index (Phi) is 2.11. The molecule has 0 radical (unpaired) electrons. The standard InChI is InChI=1S/C14H21NO2/c16-10-2-1-5-15(7-10)14(17)13-11-8-3-4-9(6-8)12(11)13/h8-13,16H,1-7H2. The van der Waals surface area contributed by atoms with Crippen LogP contribution in [-0.2, 0) is 4.79 Å². The third-order valence-electron chi connectivity index (χ3n) is 5.73. The van der Waals surface area contributed by atoms with Gasteiger partial charge >= 0.3 is 0 Å². The van der Waals surface area contributed by atoms with E-state index < -0.39 is 0 Å². The molecule has 3 heteroatoms. The Bertz CT molecular complexity index is 340. The van der Waals surface area contributed by atoms with E-state index in [0.717, 1.165) is 43.1 Å². The lowest BCUT2D eigenvalue weighted by Gasteiger charge is -2.31. The van der Waals surface area contributed by atoms with Crippen molar-refractivity contribution >= 4 is 5.91 Å². The first-order valence-electron chi connectivity index (χ1n) is 7.22. The molecule has 2 bridgehead atoms. The van der Waals surface area contributed by atoms with Crippen LogP contribution in [0, 0.1) is 29.6 Å². The van der Waals surface area contributed by atoms with Crippen molar-refractivity contribution in [2.75, 3.05) is 13.1 Å². The molecule has 5 atom stereocenters. The number of aliphatic hydroxyl groups excluding tert-OH is 1. The number of carbonyl (C=O) groups is 1. The number of β-amino-alcohol motifs (C(OH)–C–C–N with tert-alkyl or cyclic N) is 1. The van der Waals surface area contributed by atoms with Gasteiger partial charge in [0.1, 0.15) is 0 Å². The second kappa shape index (κ2) is 3.47. The van der Waals surface area contributed by atoms with E-state index in [4.69, 9.17) is 0 Å². The van der Waals surface area contributed by atoms with Crippen LogP contribution < -0.4 is 0 Å². The summed E-state index contributed by atoms with van der Waals surface area (Å²) in [5, 5.41) is 9.66. The van der Waals surface area contributed by atoms with Crippen LogP contribution >= 0.6 is 0 Å². The van der Waals surface area contributed by atoms with Gasteiger partial charge in [0, 0.05) is 19.0 Å². The summed E-state index contributed by atoms with van der Waals surface area (Å²) in [4.78, 5) is 14.4. The summed E-state index contributed by atoms with van der Waals surface area (Å²) in [7, 11) is 0. The maximum atomic E-state index is 12.5. The monoisotopic (exact) mass is 235 g/mol. The summed E-state index contributed by atoms with van der Waals surface area (Å²) < 4.78 is 0. The summed E-state index contributed by atoms with van der Waals surface area (Å²) in [6.45, 7) is 1.46. The van der Waals surface area contributed by atoms with Crippen LogP contribution in [0.3, 0.4) is 0 Å². The minimum absolute atomic E-state index is 0.275. The minimum Gasteiger partial charge on any atom is -0.391 e. The summed E-state index contributed by atoms with van der Waals surface area (Å²) in [5.41, 5.74) is 0. The van der Waals surface area contributed by atoms with Crippen molar-refractivity contribution in [3.8, 4) is 0 Å². The predicted molar refractivity (Wildman–Crippen MR) is 63.1 cm³/mol. The zero-order valence-corrected chi connectivity index (χ0v) is 10.2. The Hall–Kier alpha value is -0.570. The van der Waals surface area contributed by atoms with Crippen molar-refractivity contribution in [3.05, 3.63) is 0 Å². The number of fused-ring (bicyclic) bond motifs is 5. The lowest BCUT2D eigenvalue weighted by molar-refractivity contribution is -0.136. The largest absolute Gasteiger partial charge is 0.391 e. The molecule has 1 aliphatic heterocycles. The van der Waals surface area contributed by atoms with Crippen LogP contribution in [-0.4, -0.2) is 35.1 Å². The second-order valence-corrected chi connectivity index (χ2v) is 6.59. The highest BCUT2D eigenvalue weighted by atomic mass is 16.3. The van der Waals surface area contributed by atoms with Crippen LogP contribution in [0.25, 0.3) is 0 Å². The molecular formula is C14H21NO2. The van der Waals surface area contributed by atoms with Crippen molar-refractivity contribution < 1.29 is 9.90 Å². The smallest absolute Gasteiger partial charge is 0.226 e. The Balaban J connectivity index is 1.45. The fourth-order valence-electron chi connectivity index (χ4n) is 5.02. The van der Waals surface area contributed by atoms with Gasteiger partial charge in [0.2, 0.25) is 5.91 Å². The number of carbonyl (C=O) groups excluding carboxylic acids is 1. The molecule has 1 amide bonds. The molecule has 3 nitrogen and oxygen atoms in total. The van der Waals surface area contributed by atoms with E-state index >= 15 is 0 Å². The van der Waals surface area contributed by atoms with Gasteiger partial charge in [-0.25, -0.2) is 0 Å². The Morgan fingerprint density at radius 1 is 1.12 bits per heavy atom. The molecule has 5 unspecified atom stereocenters. The number of aliphatic hydroxyl groups is 1. The number of likely N-dealkylation sites (tertiary alicyclic amines) is 1. The SMILES string of the molecule is O=C(C1C2C3CCC(C3)C12)N1CCCC(O)C1. The van der Waals surface area contributed by atoms with Crippen molar-refractivity contribution in [2.45, 2.75) is 38.2 Å². The minimum atomic E-state index is -0.275. The average Bonchev–Trinajstić information content (AvgIpc) is 2.76. The molecule has 0 aromatic heterocycles. The second-order valence-electron chi connectivity index (χ2n) is 6.59. The topological polar surface area (TPSA) is 40.5 Å². The maximum Gasteiger partial charge on any atom is 0.226 e. The highest BCUT2D eigenvalue weighted by Crippen LogP contribution is 2.69. The fraction of sp³-hybridized carbons (Fsp3) is 0.929. The first kappa shape index (κ1) is 10.4. The molecule has 3 aliphatic carbocycles. The molecular weight excluding hydrogens is 214 g/mol. The van der Waals surface area contributed by atoms with Crippen LogP contribution in [0.2, 0.25) is 0 Å². The molecule has 0 spiro atoms. The van der Waals surface area contributed by atoms with E-state index in [9.17, 15) is 9.90 Å². The van der Waals surface area contributed by atoms with Crippen molar-refractivity contribution in [2.24, 2.45) is 29.6 Å². The van der Waals surface area contributed by atoms with E-state index in [-0.39, 0.29) is 6.10 Å². The van der Waals surface area contributed by atoms with Gasteiger partial charge in [-0.05, 0) is 55.8 Å². The first-order chi connectivity index (χ1) is 8.25. The maximum absolute atomic E-state index is 12.5. The third kappa shape index (κ3) is 1.41. The van der Waals surface area contributed by atoms with Gasteiger partial charge in [0.25, 0.3) is 0 Å². The van der Waals surface area contributed by atoms with Gasteiger partial charge in [-0.15, -0.1) is 0 Å². The van der Waals surface area contributed by atoms with Gasteiger partial charge in [-0.2, -0.15) is 0 Å². The Morgan fingerprint density at radius 3 is 2.47 bits per heavy atom. The molecule has 1 N–H and O–H groups in total. The van der Waals surface area contributed by atoms with E-state index in [2.05, 4.69) is 0 Å². The molecule has 4 fully saturated rings. The van der Waals surface area contributed by atoms with Gasteiger partial charge in [0.15, 0.2) is 0 Å². The van der Waals surface area contributed by atoms with Gasteiger partial charge in [-0.1, -0.05) is 0 Å². The zero-order chi connectivity index (χ0) is 11.6. The van der Waals surface area contributed by atoms with Crippen LogP contribution in [0.5, 0.6) is 0 Å². The number of hydrogen-bond acceptors (Lipinski definition) is 2. The predicted octanol–water partition coefficient (Wildman–Crippen LogP) is 1.26. The highest BCUT2D eigenvalue weighted by Gasteiger charge is 2.68. The molecule has 1 heterocycles. The van der Waals surface area contributed by atoms with E-state index in [1.54, 1.807) is 0 Å². The molecule has 0 aromatic rings. The quantitative estimate of drug-likeness (QED) is 0.743. The van der Waals surface area contributed by atoms with E-state index in [1.165, 1.54) is 19.3 Å². The van der Waals surface area contributed by atoms with Gasteiger partial charge < -0.3 is 10.0 Å². The number of nitrogens with zero attached hydrogens (tertiary/aromatic N) is 1. The summed E-state index contributed by atoms with van der Waals surface area (Å²) >= 11 is 0. The molecule has 94 valence electrons. The number of rotatable bonds is 1. The molecule has 0 aromatic carbocycles. The Morgan fingerprint density at radius 2 is 1.82 bits per heavy atom. The van der Waals surface area contributed by atoms with Crippen molar-refractivity contribution in [1.82, 2.24) is 4.90 Å². The van der Waals surface area contributed by atoms with Gasteiger partial charge in [0.05, 0.1) is 6.10 Å². The van der Waals surface area contributed by atoms with Gasteiger partial charge in [-0.3, -0.25) is 4.79 Å².